The van der Waals surface area contributed by atoms with E-state index in [1.165, 1.54) is 6.92 Å². The van der Waals surface area contributed by atoms with Crippen molar-refractivity contribution in [2.45, 2.75) is 84.5 Å². The zero-order valence-corrected chi connectivity index (χ0v) is 20.1. The normalized spacial score (nSPS) is 28.6. The lowest BCUT2D eigenvalue weighted by Gasteiger charge is -2.52. The average Bonchev–Trinajstić information content (AvgIpc) is 3.25. The summed E-state index contributed by atoms with van der Waals surface area (Å²) < 4.78 is 11.8. The summed E-state index contributed by atoms with van der Waals surface area (Å²) in [7, 11) is 0. The second-order valence-corrected chi connectivity index (χ2v) is 9.27. The van der Waals surface area contributed by atoms with Crippen molar-refractivity contribution < 1.29 is 24.2 Å². The smallest absolute Gasteiger partial charge is 0.224 e. The van der Waals surface area contributed by atoms with Crippen molar-refractivity contribution in [1.82, 2.24) is 0 Å². The van der Waals surface area contributed by atoms with Crippen LogP contribution in [0, 0.1) is 11.3 Å². The van der Waals surface area contributed by atoms with Crippen molar-refractivity contribution in [2.24, 2.45) is 11.3 Å². The molecule has 1 heterocycles. The lowest BCUT2D eigenvalue weighted by Crippen LogP contribution is -2.58. The Kier molecular flexibility index (Phi) is 8.12. The number of carbonyl (C=O) groups excluding carboxylic acids is 2. The third-order valence-corrected chi connectivity index (χ3v) is 7.41. The Morgan fingerprint density at radius 2 is 1.91 bits per heavy atom. The van der Waals surface area contributed by atoms with Gasteiger partial charge in [-0.25, -0.2) is 0 Å². The minimum absolute atomic E-state index is 0.107. The molecule has 1 aliphatic heterocycles. The molecule has 2 saturated carbocycles. The van der Waals surface area contributed by atoms with Crippen LogP contribution in [-0.2, 0) is 25.5 Å². The van der Waals surface area contributed by atoms with Gasteiger partial charge in [0.1, 0.15) is 0 Å². The van der Waals surface area contributed by atoms with E-state index in [1.807, 2.05) is 38.1 Å². The SMILES string of the molecule is CC.CC(=O)N(c1cccc(CCCO)c1)C1CCC2CC3(CCC2(C)C1=O)OCCO3. The number of carbonyl (C=O) groups is 2. The molecule has 1 aromatic rings. The Morgan fingerprint density at radius 3 is 2.56 bits per heavy atom. The van der Waals surface area contributed by atoms with Gasteiger partial charge in [-0.3, -0.25) is 9.59 Å². The number of aliphatic hydroxyl groups excluding tert-OH is 1. The monoisotopic (exact) mass is 445 g/mol. The van der Waals surface area contributed by atoms with Crippen LogP contribution >= 0.6 is 0 Å². The molecule has 3 unspecified atom stereocenters. The summed E-state index contributed by atoms with van der Waals surface area (Å²) in [5, 5.41) is 9.12. The standard InChI is InChI=1S/C24H33NO5.C2H6/c1-17(27)25(20-7-3-5-18(15-20)6-4-12-26)21-9-8-19-16-24(29-13-14-30-24)11-10-23(19,2)22(21)28;1-2/h3,5,7,15,19,21,26H,4,6,8-14,16H2,1-2H3;1-2H3. The third-order valence-electron chi connectivity index (χ3n) is 7.41. The number of hydrogen-bond donors (Lipinski definition) is 1. The molecule has 3 fully saturated rings. The van der Waals surface area contributed by atoms with Gasteiger partial charge in [0.15, 0.2) is 11.6 Å². The number of fused-ring (bicyclic) bond motifs is 1. The number of rotatable bonds is 5. The van der Waals surface area contributed by atoms with E-state index in [0.717, 1.165) is 43.4 Å². The van der Waals surface area contributed by atoms with E-state index in [0.29, 0.717) is 26.1 Å². The van der Waals surface area contributed by atoms with E-state index in [-0.39, 0.29) is 24.2 Å². The number of aryl methyl sites for hydroxylation is 1. The van der Waals surface area contributed by atoms with E-state index in [2.05, 4.69) is 6.92 Å². The van der Waals surface area contributed by atoms with Crippen molar-refractivity contribution in [3.8, 4) is 0 Å². The highest BCUT2D eigenvalue weighted by molar-refractivity contribution is 6.02. The van der Waals surface area contributed by atoms with Gasteiger partial charge in [0.05, 0.1) is 19.3 Å². The summed E-state index contributed by atoms with van der Waals surface area (Å²) in [6, 6.07) is 7.38. The van der Waals surface area contributed by atoms with E-state index < -0.39 is 17.2 Å². The fourth-order valence-electron chi connectivity index (χ4n) is 5.70. The first-order valence-electron chi connectivity index (χ1n) is 12.2. The molecular weight excluding hydrogens is 406 g/mol. The maximum Gasteiger partial charge on any atom is 0.224 e. The molecule has 0 bridgehead atoms. The maximum absolute atomic E-state index is 13.8. The Labute approximate surface area is 192 Å². The predicted molar refractivity (Wildman–Crippen MR) is 124 cm³/mol. The van der Waals surface area contributed by atoms with Gasteiger partial charge in [-0.15, -0.1) is 0 Å². The summed E-state index contributed by atoms with van der Waals surface area (Å²) >= 11 is 0. The molecule has 32 heavy (non-hydrogen) atoms. The summed E-state index contributed by atoms with van der Waals surface area (Å²) in [6.45, 7) is 9.01. The molecular formula is C26H39NO5. The van der Waals surface area contributed by atoms with Crippen LogP contribution in [0.4, 0.5) is 5.69 Å². The molecule has 4 rings (SSSR count). The Balaban J connectivity index is 0.00000141. The number of benzene rings is 1. The number of hydrogen-bond acceptors (Lipinski definition) is 5. The Morgan fingerprint density at radius 1 is 1.19 bits per heavy atom. The minimum atomic E-state index is -0.501. The lowest BCUT2D eigenvalue weighted by atomic mass is 9.57. The van der Waals surface area contributed by atoms with Crippen LogP contribution in [0.5, 0.6) is 0 Å². The van der Waals surface area contributed by atoms with Crippen molar-refractivity contribution in [3.63, 3.8) is 0 Å². The van der Waals surface area contributed by atoms with E-state index >= 15 is 0 Å². The Hall–Kier alpha value is -1.76. The largest absolute Gasteiger partial charge is 0.396 e. The van der Waals surface area contributed by atoms with Crippen LogP contribution in [0.1, 0.15) is 71.8 Å². The number of nitrogens with zero attached hydrogens (tertiary/aromatic N) is 1. The highest BCUT2D eigenvalue weighted by Crippen LogP contribution is 2.54. The zero-order valence-electron chi connectivity index (χ0n) is 20.1. The molecule has 1 spiro atoms. The topological polar surface area (TPSA) is 76.1 Å². The van der Waals surface area contributed by atoms with E-state index in [9.17, 15) is 9.59 Å². The van der Waals surface area contributed by atoms with Gasteiger partial charge in [0.25, 0.3) is 0 Å². The van der Waals surface area contributed by atoms with Crippen LogP contribution < -0.4 is 4.90 Å². The molecule has 6 nitrogen and oxygen atoms in total. The molecule has 3 aliphatic rings. The molecule has 1 amide bonds. The predicted octanol–water partition coefficient (Wildman–Crippen LogP) is 4.27. The fourth-order valence-corrected chi connectivity index (χ4v) is 5.70. The summed E-state index contributed by atoms with van der Waals surface area (Å²) in [6.07, 6.45) is 5.20. The number of Topliss-reactive ketones (excluding diaryl/α,β-unsaturated/α-hetero) is 1. The molecule has 178 valence electrons. The van der Waals surface area contributed by atoms with Gasteiger partial charge in [-0.05, 0) is 55.7 Å². The zero-order chi connectivity index (χ0) is 23.4. The van der Waals surface area contributed by atoms with E-state index in [4.69, 9.17) is 14.6 Å². The van der Waals surface area contributed by atoms with Crippen LogP contribution in [0.25, 0.3) is 0 Å². The van der Waals surface area contributed by atoms with Gasteiger partial charge in [-0.1, -0.05) is 32.9 Å². The van der Waals surface area contributed by atoms with Crippen molar-refractivity contribution in [2.75, 3.05) is 24.7 Å². The summed E-state index contributed by atoms with van der Waals surface area (Å²) in [5.74, 6) is -0.219. The molecule has 0 radical (unpaired) electrons. The molecule has 3 atom stereocenters. The first kappa shape index (κ1) is 24.9. The number of ether oxygens (including phenoxy) is 2. The number of aliphatic hydroxyl groups is 1. The van der Waals surface area contributed by atoms with Crippen LogP contribution in [0.3, 0.4) is 0 Å². The highest BCUT2D eigenvalue weighted by Gasteiger charge is 2.57. The van der Waals surface area contributed by atoms with Crippen LogP contribution in [-0.4, -0.2) is 48.4 Å². The van der Waals surface area contributed by atoms with Gasteiger partial charge >= 0.3 is 0 Å². The van der Waals surface area contributed by atoms with Gasteiger partial charge in [0.2, 0.25) is 5.91 Å². The minimum Gasteiger partial charge on any atom is -0.396 e. The quantitative estimate of drug-likeness (QED) is 0.732. The third kappa shape index (κ3) is 4.78. The number of ketones is 1. The first-order valence-corrected chi connectivity index (χ1v) is 12.2. The van der Waals surface area contributed by atoms with Crippen molar-refractivity contribution >= 4 is 17.4 Å². The molecule has 2 aliphatic carbocycles. The van der Waals surface area contributed by atoms with Gasteiger partial charge < -0.3 is 19.5 Å². The fraction of sp³-hybridized carbons (Fsp3) is 0.692. The number of amides is 1. The molecule has 0 aromatic heterocycles. The second-order valence-electron chi connectivity index (χ2n) is 9.27. The van der Waals surface area contributed by atoms with Gasteiger partial charge in [-0.2, -0.15) is 0 Å². The van der Waals surface area contributed by atoms with Gasteiger partial charge in [0, 0.05) is 37.5 Å². The molecule has 1 N–H and O–H groups in total. The van der Waals surface area contributed by atoms with Crippen LogP contribution in [0.15, 0.2) is 24.3 Å². The van der Waals surface area contributed by atoms with Crippen molar-refractivity contribution in [3.05, 3.63) is 29.8 Å². The van der Waals surface area contributed by atoms with E-state index in [1.54, 1.807) is 4.90 Å². The molecule has 1 aromatic carbocycles. The second kappa shape index (κ2) is 10.4. The lowest BCUT2D eigenvalue weighted by molar-refractivity contribution is -0.209. The average molecular weight is 446 g/mol. The highest BCUT2D eigenvalue weighted by atomic mass is 16.7. The molecule has 6 heteroatoms. The summed E-state index contributed by atoms with van der Waals surface area (Å²) in [4.78, 5) is 28.1. The van der Waals surface area contributed by atoms with Crippen molar-refractivity contribution in [1.29, 1.82) is 0 Å². The molecule has 1 saturated heterocycles. The Bertz CT molecular complexity index is 803. The maximum atomic E-state index is 13.8. The first-order chi connectivity index (χ1) is 15.4. The summed E-state index contributed by atoms with van der Waals surface area (Å²) in [5.41, 5.74) is 1.38. The van der Waals surface area contributed by atoms with Crippen LogP contribution in [0.2, 0.25) is 0 Å². The number of anilines is 1.